The van der Waals surface area contributed by atoms with E-state index in [1.807, 2.05) is 36.4 Å². The molecule has 0 saturated heterocycles. The van der Waals surface area contributed by atoms with Gasteiger partial charge >= 0.3 is 0 Å². The molecule has 4 heteroatoms. The molecule has 0 radical (unpaired) electrons. The SMILES string of the molecule is CC(=O)SCC=Cc1ccc(OCc2ccc(F)cc2)cc1. The van der Waals surface area contributed by atoms with Gasteiger partial charge in [-0.2, -0.15) is 0 Å². The van der Waals surface area contributed by atoms with Gasteiger partial charge < -0.3 is 4.74 Å². The zero-order valence-corrected chi connectivity index (χ0v) is 13.1. The highest BCUT2D eigenvalue weighted by Gasteiger charge is 1.97. The highest BCUT2D eigenvalue weighted by Crippen LogP contribution is 2.15. The van der Waals surface area contributed by atoms with Crippen molar-refractivity contribution >= 4 is 23.0 Å². The van der Waals surface area contributed by atoms with E-state index in [1.54, 1.807) is 19.1 Å². The number of ether oxygens (including phenoxy) is 1. The summed E-state index contributed by atoms with van der Waals surface area (Å²) in [4.78, 5) is 10.8. The summed E-state index contributed by atoms with van der Waals surface area (Å²) in [7, 11) is 0. The molecule has 0 amide bonds. The quantitative estimate of drug-likeness (QED) is 0.773. The normalized spacial score (nSPS) is 10.8. The molecule has 0 aromatic heterocycles. The maximum absolute atomic E-state index is 12.8. The maximum atomic E-state index is 12.8. The van der Waals surface area contributed by atoms with Crippen molar-refractivity contribution in [2.24, 2.45) is 0 Å². The van der Waals surface area contributed by atoms with Crippen LogP contribution in [0.25, 0.3) is 6.08 Å². The van der Waals surface area contributed by atoms with Crippen LogP contribution >= 0.6 is 11.8 Å². The van der Waals surface area contributed by atoms with E-state index in [0.29, 0.717) is 12.4 Å². The van der Waals surface area contributed by atoms with Crippen LogP contribution in [0, 0.1) is 5.82 Å². The van der Waals surface area contributed by atoms with E-state index in [0.717, 1.165) is 16.9 Å². The Morgan fingerprint density at radius 2 is 1.82 bits per heavy atom. The van der Waals surface area contributed by atoms with Gasteiger partial charge in [0, 0.05) is 12.7 Å². The summed E-state index contributed by atoms with van der Waals surface area (Å²) in [6.45, 7) is 1.97. The molecule has 0 fully saturated rings. The molecule has 2 rings (SSSR count). The molecule has 0 aliphatic rings. The van der Waals surface area contributed by atoms with Crippen LogP contribution in [0.15, 0.2) is 54.6 Å². The van der Waals surface area contributed by atoms with Gasteiger partial charge in [0.25, 0.3) is 0 Å². The van der Waals surface area contributed by atoms with Crippen LogP contribution in [0.3, 0.4) is 0 Å². The minimum atomic E-state index is -0.247. The molecule has 0 aliphatic carbocycles. The fourth-order valence-electron chi connectivity index (χ4n) is 1.77. The summed E-state index contributed by atoms with van der Waals surface area (Å²) in [5, 5.41) is 0.120. The Labute approximate surface area is 134 Å². The van der Waals surface area contributed by atoms with Gasteiger partial charge in [-0.25, -0.2) is 4.39 Å². The third kappa shape index (κ3) is 5.74. The molecule has 0 saturated carbocycles. The fourth-order valence-corrected chi connectivity index (χ4v) is 2.20. The third-order valence-corrected chi connectivity index (χ3v) is 3.66. The Kier molecular flexibility index (Phi) is 6.22. The molecule has 0 heterocycles. The number of halogens is 1. The summed E-state index contributed by atoms with van der Waals surface area (Å²) < 4.78 is 18.4. The Bertz CT molecular complexity index is 633. The second-order valence-electron chi connectivity index (χ2n) is 4.69. The first-order chi connectivity index (χ1) is 10.6. The lowest BCUT2D eigenvalue weighted by molar-refractivity contribution is -0.109. The van der Waals surface area contributed by atoms with Crippen LogP contribution < -0.4 is 4.74 Å². The molecule has 22 heavy (non-hydrogen) atoms. The Balaban J connectivity index is 1.83. The molecule has 0 unspecified atom stereocenters. The molecule has 2 aromatic carbocycles. The smallest absolute Gasteiger partial charge is 0.186 e. The average Bonchev–Trinajstić information content (AvgIpc) is 2.52. The number of carbonyl (C=O) groups excluding carboxylic acids is 1. The van der Waals surface area contributed by atoms with Crippen LogP contribution in [0.2, 0.25) is 0 Å². The Morgan fingerprint density at radius 1 is 1.14 bits per heavy atom. The van der Waals surface area contributed by atoms with Crippen molar-refractivity contribution in [2.45, 2.75) is 13.5 Å². The number of hydrogen-bond donors (Lipinski definition) is 0. The molecule has 0 N–H and O–H groups in total. The number of carbonyl (C=O) groups is 1. The summed E-state index contributed by atoms with van der Waals surface area (Å²) >= 11 is 1.28. The van der Waals surface area contributed by atoms with Crippen LogP contribution in [0.4, 0.5) is 4.39 Å². The number of thioether (sulfide) groups is 1. The van der Waals surface area contributed by atoms with E-state index in [9.17, 15) is 9.18 Å². The van der Waals surface area contributed by atoms with Gasteiger partial charge in [-0.3, -0.25) is 4.79 Å². The first kappa shape index (κ1) is 16.3. The van der Waals surface area contributed by atoms with Crippen molar-refractivity contribution in [1.29, 1.82) is 0 Å². The highest BCUT2D eigenvalue weighted by atomic mass is 32.2. The van der Waals surface area contributed by atoms with Crippen LogP contribution in [-0.4, -0.2) is 10.9 Å². The lowest BCUT2D eigenvalue weighted by Gasteiger charge is -2.06. The van der Waals surface area contributed by atoms with Crippen LogP contribution in [0.1, 0.15) is 18.1 Å². The van der Waals surface area contributed by atoms with Gasteiger partial charge in [0.05, 0.1) is 0 Å². The first-order valence-corrected chi connectivity index (χ1v) is 7.89. The summed E-state index contributed by atoms with van der Waals surface area (Å²) in [6, 6.07) is 13.9. The molecule has 2 nitrogen and oxygen atoms in total. The Morgan fingerprint density at radius 3 is 2.45 bits per heavy atom. The minimum Gasteiger partial charge on any atom is -0.489 e. The molecular weight excluding hydrogens is 299 g/mol. The second-order valence-corrected chi connectivity index (χ2v) is 5.89. The van der Waals surface area contributed by atoms with E-state index in [4.69, 9.17) is 4.74 Å². The maximum Gasteiger partial charge on any atom is 0.186 e. The van der Waals surface area contributed by atoms with E-state index >= 15 is 0 Å². The van der Waals surface area contributed by atoms with Gasteiger partial charge in [0.15, 0.2) is 5.12 Å². The lowest BCUT2D eigenvalue weighted by Crippen LogP contribution is -1.95. The largest absolute Gasteiger partial charge is 0.489 e. The number of hydrogen-bond acceptors (Lipinski definition) is 3. The molecule has 114 valence electrons. The van der Waals surface area contributed by atoms with Crippen molar-refractivity contribution in [3.63, 3.8) is 0 Å². The third-order valence-electron chi connectivity index (χ3n) is 2.89. The lowest BCUT2D eigenvalue weighted by atomic mass is 10.2. The van der Waals surface area contributed by atoms with Crippen molar-refractivity contribution in [2.75, 3.05) is 5.75 Å². The molecule has 0 atom stereocenters. The van der Waals surface area contributed by atoms with Gasteiger partial charge in [0.1, 0.15) is 18.2 Å². The van der Waals surface area contributed by atoms with E-state index in [-0.39, 0.29) is 10.9 Å². The van der Waals surface area contributed by atoms with E-state index < -0.39 is 0 Å². The van der Waals surface area contributed by atoms with E-state index in [2.05, 4.69) is 0 Å². The highest BCUT2D eigenvalue weighted by molar-refractivity contribution is 8.13. The van der Waals surface area contributed by atoms with Gasteiger partial charge in [-0.05, 0) is 35.4 Å². The summed E-state index contributed by atoms with van der Waals surface area (Å²) in [5.41, 5.74) is 1.98. The second kappa shape index (κ2) is 8.39. The van der Waals surface area contributed by atoms with Crippen LogP contribution in [0.5, 0.6) is 5.75 Å². The molecule has 0 bridgehead atoms. The van der Waals surface area contributed by atoms with E-state index in [1.165, 1.54) is 23.9 Å². The molecule has 0 aliphatic heterocycles. The van der Waals surface area contributed by atoms with Crippen molar-refractivity contribution in [3.8, 4) is 5.75 Å². The minimum absolute atomic E-state index is 0.120. The predicted molar refractivity (Wildman–Crippen MR) is 89.3 cm³/mol. The van der Waals surface area contributed by atoms with Crippen molar-refractivity contribution in [1.82, 2.24) is 0 Å². The monoisotopic (exact) mass is 316 g/mol. The summed E-state index contributed by atoms with van der Waals surface area (Å²) in [6.07, 6.45) is 3.93. The Hall–Kier alpha value is -2.07. The topological polar surface area (TPSA) is 26.3 Å². The zero-order chi connectivity index (χ0) is 15.8. The average molecular weight is 316 g/mol. The molecule has 0 spiro atoms. The van der Waals surface area contributed by atoms with Gasteiger partial charge in [0.2, 0.25) is 0 Å². The van der Waals surface area contributed by atoms with Gasteiger partial charge in [-0.15, -0.1) is 0 Å². The number of benzene rings is 2. The van der Waals surface area contributed by atoms with Crippen LogP contribution in [-0.2, 0) is 11.4 Å². The molecular formula is C18H17FO2S. The molecule has 2 aromatic rings. The fraction of sp³-hybridized carbons (Fsp3) is 0.167. The first-order valence-electron chi connectivity index (χ1n) is 6.91. The van der Waals surface area contributed by atoms with Crippen molar-refractivity contribution < 1.29 is 13.9 Å². The van der Waals surface area contributed by atoms with Gasteiger partial charge in [-0.1, -0.05) is 48.2 Å². The van der Waals surface area contributed by atoms with Crippen molar-refractivity contribution in [3.05, 3.63) is 71.6 Å². The number of rotatable bonds is 6. The predicted octanol–water partition coefficient (Wildman–Crippen LogP) is 4.70. The zero-order valence-electron chi connectivity index (χ0n) is 12.3. The summed E-state index contributed by atoms with van der Waals surface area (Å²) in [5.74, 6) is 1.19. The standard InChI is InChI=1S/C18H17FO2S/c1-14(20)22-12-2-3-15-6-10-18(11-7-15)21-13-16-4-8-17(19)9-5-16/h2-11H,12-13H2,1H3.